The maximum Gasteiger partial charge on any atom is 0.0476 e. The molecule has 0 amide bonds. The molecule has 1 saturated carbocycles. The standard InChI is InChI=1S/C18H28N2S/c1-3-15-13-20(16-9-10-17(11-16)21-2)18(12-19-15)14-7-5-4-6-8-14/h4-8,15-19H,3,9-13H2,1-2H3. The van der Waals surface area contributed by atoms with Gasteiger partial charge in [0, 0.05) is 36.5 Å². The lowest BCUT2D eigenvalue weighted by atomic mass is 9.97. The van der Waals surface area contributed by atoms with E-state index in [4.69, 9.17) is 0 Å². The van der Waals surface area contributed by atoms with Crippen molar-refractivity contribution < 1.29 is 0 Å². The molecule has 1 saturated heterocycles. The van der Waals surface area contributed by atoms with E-state index >= 15 is 0 Å². The number of nitrogens with zero attached hydrogens (tertiary/aromatic N) is 1. The SMILES string of the molecule is CCC1CN(C2CCC(SC)C2)C(c2ccccc2)CN1. The number of benzene rings is 1. The lowest BCUT2D eigenvalue weighted by Crippen LogP contribution is -2.54. The number of thioether (sulfide) groups is 1. The Morgan fingerprint density at radius 1 is 1.24 bits per heavy atom. The van der Waals surface area contributed by atoms with Gasteiger partial charge in [-0.1, -0.05) is 37.3 Å². The molecule has 0 bridgehead atoms. The van der Waals surface area contributed by atoms with Gasteiger partial charge in [-0.25, -0.2) is 0 Å². The molecular formula is C18H28N2S. The van der Waals surface area contributed by atoms with E-state index in [0.29, 0.717) is 12.1 Å². The highest BCUT2D eigenvalue weighted by molar-refractivity contribution is 7.99. The van der Waals surface area contributed by atoms with Crippen molar-refractivity contribution in [3.63, 3.8) is 0 Å². The van der Waals surface area contributed by atoms with Crippen LogP contribution in [0.25, 0.3) is 0 Å². The van der Waals surface area contributed by atoms with Crippen molar-refractivity contribution in [2.75, 3.05) is 19.3 Å². The van der Waals surface area contributed by atoms with Crippen LogP contribution in [0.4, 0.5) is 0 Å². The van der Waals surface area contributed by atoms with E-state index in [-0.39, 0.29) is 0 Å². The fourth-order valence-electron chi connectivity index (χ4n) is 3.94. The van der Waals surface area contributed by atoms with Gasteiger partial charge in [-0.3, -0.25) is 4.90 Å². The smallest absolute Gasteiger partial charge is 0.0476 e. The molecule has 21 heavy (non-hydrogen) atoms. The van der Waals surface area contributed by atoms with E-state index < -0.39 is 0 Å². The third kappa shape index (κ3) is 3.46. The summed E-state index contributed by atoms with van der Waals surface area (Å²) in [7, 11) is 0. The Hall–Kier alpha value is -0.510. The van der Waals surface area contributed by atoms with E-state index in [9.17, 15) is 0 Å². The molecule has 1 N–H and O–H groups in total. The van der Waals surface area contributed by atoms with Crippen LogP contribution in [0.15, 0.2) is 30.3 Å². The first-order valence-electron chi connectivity index (χ1n) is 8.38. The molecule has 0 radical (unpaired) electrons. The molecule has 1 heterocycles. The van der Waals surface area contributed by atoms with Crippen LogP contribution in [0.2, 0.25) is 0 Å². The van der Waals surface area contributed by atoms with Crippen LogP contribution in [0.1, 0.15) is 44.2 Å². The topological polar surface area (TPSA) is 15.3 Å². The van der Waals surface area contributed by atoms with Crippen LogP contribution in [0, 0.1) is 0 Å². The number of rotatable bonds is 4. The van der Waals surface area contributed by atoms with Gasteiger partial charge in [-0.05, 0) is 37.5 Å². The molecule has 2 nitrogen and oxygen atoms in total. The van der Waals surface area contributed by atoms with Gasteiger partial charge in [0.1, 0.15) is 0 Å². The molecule has 1 aromatic carbocycles. The van der Waals surface area contributed by atoms with Crippen molar-refractivity contribution in [2.24, 2.45) is 0 Å². The first kappa shape index (κ1) is 15.4. The molecular weight excluding hydrogens is 276 g/mol. The van der Waals surface area contributed by atoms with Gasteiger partial charge in [0.25, 0.3) is 0 Å². The van der Waals surface area contributed by atoms with Crippen LogP contribution < -0.4 is 5.32 Å². The highest BCUT2D eigenvalue weighted by Gasteiger charge is 2.36. The van der Waals surface area contributed by atoms with Crippen LogP contribution in [-0.2, 0) is 0 Å². The molecule has 3 rings (SSSR count). The largest absolute Gasteiger partial charge is 0.311 e. The highest BCUT2D eigenvalue weighted by Crippen LogP contribution is 2.36. The maximum absolute atomic E-state index is 3.75. The third-order valence-electron chi connectivity index (χ3n) is 5.27. The Morgan fingerprint density at radius 2 is 2.05 bits per heavy atom. The first-order valence-corrected chi connectivity index (χ1v) is 9.67. The van der Waals surface area contributed by atoms with E-state index in [1.165, 1.54) is 37.8 Å². The summed E-state index contributed by atoms with van der Waals surface area (Å²) >= 11 is 2.06. The van der Waals surface area contributed by atoms with Gasteiger partial charge in [0.15, 0.2) is 0 Å². The van der Waals surface area contributed by atoms with Gasteiger partial charge >= 0.3 is 0 Å². The zero-order valence-electron chi connectivity index (χ0n) is 13.3. The summed E-state index contributed by atoms with van der Waals surface area (Å²) in [5, 5.41) is 4.63. The van der Waals surface area contributed by atoms with Crippen LogP contribution in [0.3, 0.4) is 0 Å². The zero-order valence-corrected chi connectivity index (χ0v) is 14.1. The fourth-order valence-corrected chi connectivity index (χ4v) is 4.72. The van der Waals surface area contributed by atoms with Gasteiger partial charge in [0.2, 0.25) is 0 Å². The van der Waals surface area contributed by atoms with Gasteiger partial charge in [0.05, 0.1) is 0 Å². The first-order chi connectivity index (χ1) is 10.3. The third-order valence-corrected chi connectivity index (χ3v) is 6.36. The second-order valence-corrected chi connectivity index (χ2v) is 7.60. The molecule has 4 atom stereocenters. The summed E-state index contributed by atoms with van der Waals surface area (Å²) in [6, 6.07) is 13.1. The van der Waals surface area contributed by atoms with Crippen molar-refractivity contribution in [3.05, 3.63) is 35.9 Å². The molecule has 4 unspecified atom stereocenters. The Kier molecular flexibility index (Phi) is 5.25. The Balaban J connectivity index is 1.77. The summed E-state index contributed by atoms with van der Waals surface area (Å²) in [5.41, 5.74) is 1.48. The second-order valence-electron chi connectivity index (χ2n) is 6.46. The summed E-state index contributed by atoms with van der Waals surface area (Å²) in [6.45, 7) is 4.61. The molecule has 2 fully saturated rings. The van der Waals surface area contributed by atoms with Gasteiger partial charge in [-0.15, -0.1) is 0 Å². The molecule has 2 aliphatic rings. The molecule has 1 aromatic rings. The van der Waals surface area contributed by atoms with Crippen LogP contribution >= 0.6 is 11.8 Å². The highest BCUT2D eigenvalue weighted by atomic mass is 32.2. The molecule has 1 aliphatic heterocycles. The summed E-state index contributed by atoms with van der Waals surface area (Å²) in [4.78, 5) is 2.82. The number of hydrogen-bond donors (Lipinski definition) is 1. The monoisotopic (exact) mass is 304 g/mol. The molecule has 3 heteroatoms. The minimum Gasteiger partial charge on any atom is -0.311 e. The lowest BCUT2D eigenvalue weighted by Gasteiger charge is -2.44. The van der Waals surface area contributed by atoms with Crippen molar-refractivity contribution in [3.8, 4) is 0 Å². The molecule has 1 aliphatic carbocycles. The fraction of sp³-hybridized carbons (Fsp3) is 0.667. The minimum atomic E-state index is 0.555. The zero-order chi connectivity index (χ0) is 14.7. The predicted molar refractivity (Wildman–Crippen MR) is 92.9 cm³/mol. The van der Waals surface area contributed by atoms with Gasteiger partial charge in [-0.2, -0.15) is 11.8 Å². The average Bonchev–Trinajstić information content (AvgIpc) is 3.04. The van der Waals surface area contributed by atoms with Crippen molar-refractivity contribution >= 4 is 11.8 Å². The Bertz CT molecular complexity index is 436. The normalized spacial score (nSPS) is 34.2. The second kappa shape index (κ2) is 7.17. The summed E-state index contributed by atoms with van der Waals surface area (Å²) < 4.78 is 0. The molecule has 116 valence electrons. The van der Waals surface area contributed by atoms with Crippen molar-refractivity contribution in [1.29, 1.82) is 0 Å². The molecule has 0 spiro atoms. The average molecular weight is 305 g/mol. The maximum atomic E-state index is 3.75. The Labute approximate surface area is 133 Å². The van der Waals surface area contributed by atoms with E-state index in [2.05, 4.69) is 65.5 Å². The summed E-state index contributed by atoms with van der Waals surface area (Å²) in [5.74, 6) is 0. The number of piperazine rings is 1. The molecule has 0 aromatic heterocycles. The number of hydrogen-bond acceptors (Lipinski definition) is 3. The van der Waals surface area contributed by atoms with Crippen LogP contribution in [0.5, 0.6) is 0 Å². The quantitative estimate of drug-likeness (QED) is 0.913. The van der Waals surface area contributed by atoms with E-state index in [1.807, 2.05) is 0 Å². The summed E-state index contributed by atoms with van der Waals surface area (Å²) in [6.07, 6.45) is 7.66. The van der Waals surface area contributed by atoms with E-state index in [1.54, 1.807) is 0 Å². The minimum absolute atomic E-state index is 0.555. The predicted octanol–water partition coefficient (Wildman–Crippen LogP) is 3.70. The Morgan fingerprint density at radius 3 is 2.71 bits per heavy atom. The van der Waals surface area contributed by atoms with Crippen molar-refractivity contribution in [1.82, 2.24) is 10.2 Å². The van der Waals surface area contributed by atoms with Gasteiger partial charge < -0.3 is 5.32 Å². The number of nitrogens with one attached hydrogen (secondary N) is 1. The lowest BCUT2D eigenvalue weighted by molar-refractivity contribution is 0.0822. The van der Waals surface area contributed by atoms with E-state index in [0.717, 1.165) is 17.8 Å². The van der Waals surface area contributed by atoms with Crippen molar-refractivity contribution in [2.45, 2.75) is 56.0 Å². The van der Waals surface area contributed by atoms with Crippen LogP contribution in [-0.4, -0.2) is 41.6 Å².